The third-order valence-electron chi connectivity index (χ3n) is 3.25. The number of halogens is 2. The quantitative estimate of drug-likeness (QED) is 0.448. The van der Waals surface area contributed by atoms with Crippen molar-refractivity contribution in [1.82, 2.24) is 5.43 Å². The zero-order chi connectivity index (χ0) is 19.8. The number of carbonyl (C=O) groups excluding carboxylic acids is 2. The summed E-state index contributed by atoms with van der Waals surface area (Å²) in [5.41, 5.74) is 2.45. The molecule has 0 aliphatic rings. The van der Waals surface area contributed by atoms with Gasteiger partial charge in [-0.3, -0.25) is 9.59 Å². The number of hydrogen-bond donors (Lipinski definition) is 2. The number of methoxy groups -OCH3 is 1. The first-order valence-corrected chi connectivity index (χ1v) is 8.23. The molecule has 2 N–H and O–H groups in total. The van der Waals surface area contributed by atoms with Crippen LogP contribution in [0.5, 0.6) is 11.5 Å². The van der Waals surface area contributed by atoms with Crippen LogP contribution in [0.25, 0.3) is 0 Å². The van der Waals surface area contributed by atoms with Crippen molar-refractivity contribution in [3.63, 3.8) is 0 Å². The lowest BCUT2D eigenvalue weighted by atomic mass is 10.2. The van der Waals surface area contributed by atoms with Crippen LogP contribution >= 0.6 is 11.6 Å². The molecule has 0 saturated heterocycles. The van der Waals surface area contributed by atoms with Gasteiger partial charge in [-0.05, 0) is 36.8 Å². The smallest absolute Gasteiger partial charge is 0.329 e. The summed E-state index contributed by atoms with van der Waals surface area (Å²) in [6.07, 6.45) is 1.28. The highest BCUT2D eigenvalue weighted by atomic mass is 35.5. The lowest BCUT2D eigenvalue weighted by Crippen LogP contribution is -2.32. The fourth-order valence-corrected chi connectivity index (χ4v) is 2.33. The third-order valence-corrected chi connectivity index (χ3v) is 3.53. The minimum Gasteiger partial charge on any atom is -0.493 e. The molecule has 0 aromatic heterocycles. The number of ether oxygens (including phenoxy) is 2. The van der Waals surface area contributed by atoms with E-state index in [0.717, 1.165) is 6.07 Å². The van der Waals surface area contributed by atoms with Crippen LogP contribution in [0, 0.1) is 5.82 Å². The van der Waals surface area contributed by atoms with Gasteiger partial charge in [-0.25, -0.2) is 9.82 Å². The maximum atomic E-state index is 13.5. The Morgan fingerprint density at radius 1 is 1.26 bits per heavy atom. The zero-order valence-electron chi connectivity index (χ0n) is 14.6. The number of nitrogens with one attached hydrogen (secondary N) is 2. The van der Waals surface area contributed by atoms with E-state index in [9.17, 15) is 14.0 Å². The first-order valence-electron chi connectivity index (χ1n) is 7.85. The van der Waals surface area contributed by atoms with Crippen molar-refractivity contribution >= 4 is 35.3 Å². The van der Waals surface area contributed by atoms with E-state index in [4.69, 9.17) is 21.1 Å². The highest BCUT2D eigenvalue weighted by Gasteiger charge is 2.15. The largest absolute Gasteiger partial charge is 0.493 e. The Hall–Kier alpha value is -3.13. The number of carbonyl (C=O) groups is 2. The Kier molecular flexibility index (Phi) is 7.13. The Labute approximate surface area is 160 Å². The topological polar surface area (TPSA) is 89.0 Å². The van der Waals surface area contributed by atoms with Crippen molar-refractivity contribution in [3.8, 4) is 11.5 Å². The van der Waals surface area contributed by atoms with E-state index in [0.29, 0.717) is 28.7 Å². The Morgan fingerprint density at radius 2 is 2.00 bits per heavy atom. The van der Waals surface area contributed by atoms with Gasteiger partial charge in [-0.1, -0.05) is 23.7 Å². The Bertz CT molecular complexity index is 874. The van der Waals surface area contributed by atoms with Crippen LogP contribution in [0.1, 0.15) is 12.5 Å². The molecular weight excluding hydrogens is 377 g/mol. The molecule has 7 nitrogen and oxygen atoms in total. The minimum absolute atomic E-state index is 0.107. The molecule has 0 aliphatic carbocycles. The molecule has 0 radical (unpaired) electrons. The second kappa shape index (κ2) is 9.54. The van der Waals surface area contributed by atoms with Gasteiger partial charge in [0.15, 0.2) is 11.5 Å². The summed E-state index contributed by atoms with van der Waals surface area (Å²) in [4.78, 5) is 23.5. The SMILES string of the molecule is CCOc1c(Cl)cc(/C=N\NC(=O)C(=O)Nc2ccccc2F)cc1OC. The molecule has 0 spiro atoms. The molecule has 0 bridgehead atoms. The van der Waals surface area contributed by atoms with Crippen molar-refractivity contribution in [1.29, 1.82) is 0 Å². The van der Waals surface area contributed by atoms with E-state index in [2.05, 4.69) is 10.4 Å². The number of hydrazone groups is 1. The van der Waals surface area contributed by atoms with Gasteiger partial charge in [-0.2, -0.15) is 5.10 Å². The molecule has 0 fully saturated rings. The first-order chi connectivity index (χ1) is 13.0. The number of nitrogens with zero attached hydrogens (tertiary/aromatic N) is 1. The first kappa shape index (κ1) is 20.2. The number of para-hydroxylation sites is 1. The lowest BCUT2D eigenvalue weighted by molar-refractivity contribution is -0.136. The molecule has 2 aromatic rings. The number of hydrogen-bond acceptors (Lipinski definition) is 5. The summed E-state index contributed by atoms with van der Waals surface area (Å²) < 4.78 is 24.1. The predicted octanol–water partition coefficient (Wildman–Crippen LogP) is 2.98. The standard InChI is InChI=1S/C18H17ClFN3O4/c1-3-27-16-12(19)8-11(9-15(16)26-2)10-21-23-18(25)17(24)22-14-7-5-4-6-13(14)20/h4-10H,3H2,1-2H3,(H,22,24)(H,23,25)/b21-10-. The maximum Gasteiger partial charge on any atom is 0.329 e. The van der Waals surface area contributed by atoms with E-state index >= 15 is 0 Å². The van der Waals surface area contributed by atoms with Gasteiger partial charge in [0, 0.05) is 0 Å². The molecular formula is C18H17ClFN3O4. The normalized spacial score (nSPS) is 10.5. The molecule has 0 aliphatic heterocycles. The van der Waals surface area contributed by atoms with Crippen LogP contribution in [0.15, 0.2) is 41.5 Å². The van der Waals surface area contributed by atoms with Gasteiger partial charge in [0.1, 0.15) is 5.82 Å². The number of rotatable bonds is 6. The minimum atomic E-state index is -1.06. The lowest BCUT2D eigenvalue weighted by Gasteiger charge is -2.11. The van der Waals surface area contributed by atoms with Crippen molar-refractivity contribution in [2.24, 2.45) is 5.10 Å². The Morgan fingerprint density at radius 3 is 2.67 bits per heavy atom. The molecule has 2 amide bonds. The van der Waals surface area contributed by atoms with Crippen molar-refractivity contribution < 1.29 is 23.5 Å². The summed E-state index contributed by atoms with van der Waals surface area (Å²) >= 11 is 6.14. The van der Waals surface area contributed by atoms with Crippen molar-refractivity contribution in [3.05, 3.63) is 52.8 Å². The van der Waals surface area contributed by atoms with Crippen LogP contribution in [0.2, 0.25) is 5.02 Å². The fourth-order valence-electron chi connectivity index (χ4n) is 2.06. The van der Waals surface area contributed by atoms with Gasteiger partial charge >= 0.3 is 11.8 Å². The maximum absolute atomic E-state index is 13.5. The number of amides is 2. The summed E-state index contributed by atoms with van der Waals surface area (Å²) in [5.74, 6) is -1.97. The Balaban J connectivity index is 2.02. The van der Waals surface area contributed by atoms with Crippen molar-refractivity contribution in [2.45, 2.75) is 6.92 Å². The second-order valence-electron chi connectivity index (χ2n) is 5.10. The zero-order valence-corrected chi connectivity index (χ0v) is 15.3. The van der Waals surface area contributed by atoms with Gasteiger partial charge in [0.2, 0.25) is 0 Å². The molecule has 0 saturated carbocycles. The molecule has 0 atom stereocenters. The fraction of sp³-hybridized carbons (Fsp3) is 0.167. The van der Waals surface area contributed by atoms with Gasteiger partial charge in [0.05, 0.1) is 30.6 Å². The molecule has 2 rings (SSSR count). The van der Waals surface area contributed by atoms with Crippen LogP contribution in [-0.4, -0.2) is 31.7 Å². The van der Waals surface area contributed by atoms with E-state index in [1.54, 1.807) is 12.1 Å². The van der Waals surface area contributed by atoms with Crippen molar-refractivity contribution in [2.75, 3.05) is 19.0 Å². The van der Waals surface area contributed by atoms with E-state index in [1.807, 2.05) is 12.3 Å². The molecule has 9 heteroatoms. The predicted molar refractivity (Wildman–Crippen MR) is 99.9 cm³/mol. The molecule has 0 unspecified atom stereocenters. The second-order valence-corrected chi connectivity index (χ2v) is 5.51. The average Bonchev–Trinajstić information content (AvgIpc) is 2.65. The average molecular weight is 394 g/mol. The van der Waals surface area contributed by atoms with Gasteiger partial charge < -0.3 is 14.8 Å². The number of anilines is 1. The molecule has 142 valence electrons. The third kappa shape index (κ3) is 5.42. The van der Waals surface area contributed by atoms with E-state index in [-0.39, 0.29) is 5.69 Å². The van der Waals surface area contributed by atoms with Gasteiger partial charge in [-0.15, -0.1) is 0 Å². The highest BCUT2D eigenvalue weighted by Crippen LogP contribution is 2.35. The summed E-state index contributed by atoms with van der Waals surface area (Å²) in [6, 6.07) is 8.65. The summed E-state index contributed by atoms with van der Waals surface area (Å²) in [6.45, 7) is 2.23. The molecule has 0 heterocycles. The van der Waals surface area contributed by atoms with Gasteiger partial charge in [0.25, 0.3) is 0 Å². The van der Waals surface area contributed by atoms with E-state index < -0.39 is 17.6 Å². The summed E-state index contributed by atoms with van der Waals surface area (Å²) in [5, 5.41) is 6.14. The van der Waals surface area contributed by atoms with E-state index in [1.165, 1.54) is 31.5 Å². The summed E-state index contributed by atoms with van der Waals surface area (Å²) in [7, 11) is 1.46. The van der Waals surface area contributed by atoms with Crippen LogP contribution < -0.4 is 20.2 Å². The molecule has 27 heavy (non-hydrogen) atoms. The van der Waals surface area contributed by atoms with Crippen LogP contribution in [-0.2, 0) is 9.59 Å². The van der Waals surface area contributed by atoms with Crippen LogP contribution in [0.4, 0.5) is 10.1 Å². The monoisotopic (exact) mass is 393 g/mol. The highest BCUT2D eigenvalue weighted by molar-refractivity contribution is 6.39. The van der Waals surface area contributed by atoms with Crippen LogP contribution in [0.3, 0.4) is 0 Å². The number of benzene rings is 2. The molecule has 2 aromatic carbocycles.